The second-order valence-electron chi connectivity index (χ2n) is 6.72. The molecule has 2 aromatic rings. The summed E-state index contributed by atoms with van der Waals surface area (Å²) < 4.78 is 44.0. The summed E-state index contributed by atoms with van der Waals surface area (Å²) in [5, 5.41) is 2.72. The van der Waals surface area contributed by atoms with Crippen LogP contribution in [0.1, 0.15) is 31.9 Å². The van der Waals surface area contributed by atoms with E-state index in [9.17, 15) is 18.0 Å². The van der Waals surface area contributed by atoms with Gasteiger partial charge in [-0.2, -0.15) is 13.2 Å². The number of ether oxygens (including phenoxy) is 1. The Morgan fingerprint density at radius 2 is 1.96 bits per heavy atom. The molecule has 0 fully saturated rings. The van der Waals surface area contributed by atoms with Crippen LogP contribution in [0.4, 0.5) is 13.2 Å². The van der Waals surface area contributed by atoms with Gasteiger partial charge in [0.15, 0.2) is 0 Å². The fourth-order valence-electron chi connectivity index (χ4n) is 2.13. The van der Waals surface area contributed by atoms with Crippen LogP contribution < -0.4 is 15.8 Å². The Bertz CT molecular complexity index is 805. The number of carbonyl (C=O) groups excluding carboxylic acids is 1. The first-order valence-electron chi connectivity index (χ1n) is 8.38. The van der Waals surface area contributed by atoms with E-state index < -0.39 is 17.3 Å². The lowest BCUT2D eigenvalue weighted by molar-refractivity contribution is -0.137. The molecule has 0 bridgehead atoms. The van der Waals surface area contributed by atoms with Gasteiger partial charge < -0.3 is 15.8 Å². The van der Waals surface area contributed by atoms with Gasteiger partial charge in [-0.1, -0.05) is 26.0 Å². The van der Waals surface area contributed by atoms with Crippen LogP contribution in [0.15, 0.2) is 42.6 Å². The normalized spacial score (nSPS) is 13.9. The quantitative estimate of drug-likeness (QED) is 0.796. The molecule has 1 aromatic heterocycles. The fraction of sp³-hybridized carbons (Fsp3) is 0.368. The number of alkyl halides is 3. The lowest BCUT2D eigenvalue weighted by Crippen LogP contribution is -2.55. The molecule has 1 atom stereocenters. The molecular weight excluding hydrogens is 359 g/mol. The zero-order valence-electron chi connectivity index (χ0n) is 15.3. The zero-order valence-corrected chi connectivity index (χ0v) is 15.3. The molecule has 0 saturated carbocycles. The molecule has 1 amide bonds. The number of nitrogens with two attached hydrogens (primary N) is 1. The first kappa shape index (κ1) is 20.7. The predicted octanol–water partition coefficient (Wildman–Crippen LogP) is 3.88. The van der Waals surface area contributed by atoms with Crippen LogP contribution in [0, 0.1) is 5.92 Å². The second-order valence-corrected chi connectivity index (χ2v) is 6.72. The van der Waals surface area contributed by atoms with Crippen LogP contribution in [0.2, 0.25) is 0 Å². The van der Waals surface area contributed by atoms with Gasteiger partial charge in [-0.3, -0.25) is 4.79 Å². The first-order chi connectivity index (χ1) is 12.5. The van der Waals surface area contributed by atoms with Gasteiger partial charge in [0.2, 0.25) is 11.8 Å². The molecule has 3 N–H and O–H groups in total. The standard InChI is InChI=1S/C19H22F3N3O2/c1-12(2)18(3,23)17(26)25-11-13-6-5-9-24-16(13)27-15-8-4-7-14(10-15)19(20,21)22/h4-10,12H,11,23H2,1-3H3,(H,25,26). The molecular formula is C19H22F3N3O2. The Morgan fingerprint density at radius 3 is 2.59 bits per heavy atom. The lowest BCUT2D eigenvalue weighted by Gasteiger charge is -2.27. The molecule has 146 valence electrons. The molecule has 0 radical (unpaired) electrons. The highest BCUT2D eigenvalue weighted by Crippen LogP contribution is 2.32. The summed E-state index contributed by atoms with van der Waals surface area (Å²) >= 11 is 0. The summed E-state index contributed by atoms with van der Waals surface area (Å²) in [5.74, 6) is -0.305. The van der Waals surface area contributed by atoms with Crippen molar-refractivity contribution in [3.05, 3.63) is 53.7 Å². The molecule has 1 unspecified atom stereocenters. The molecule has 0 saturated heterocycles. The lowest BCUT2D eigenvalue weighted by atomic mass is 9.89. The van der Waals surface area contributed by atoms with E-state index in [0.717, 1.165) is 12.1 Å². The summed E-state index contributed by atoms with van der Waals surface area (Å²) in [4.78, 5) is 16.3. The fourth-order valence-corrected chi connectivity index (χ4v) is 2.13. The second kappa shape index (κ2) is 7.96. The minimum absolute atomic E-state index is 0.00180. The highest BCUT2D eigenvalue weighted by atomic mass is 19.4. The Balaban J connectivity index is 2.16. The van der Waals surface area contributed by atoms with Crippen LogP contribution in [-0.4, -0.2) is 16.4 Å². The monoisotopic (exact) mass is 381 g/mol. The molecule has 0 aliphatic rings. The van der Waals surface area contributed by atoms with Crippen molar-refractivity contribution in [1.29, 1.82) is 0 Å². The van der Waals surface area contributed by atoms with Crippen LogP contribution in [0.3, 0.4) is 0 Å². The largest absolute Gasteiger partial charge is 0.439 e. The molecule has 1 heterocycles. The van der Waals surface area contributed by atoms with E-state index in [1.807, 2.05) is 13.8 Å². The van der Waals surface area contributed by atoms with Crippen molar-refractivity contribution in [2.45, 2.75) is 39.0 Å². The van der Waals surface area contributed by atoms with Crippen molar-refractivity contribution in [1.82, 2.24) is 10.3 Å². The third kappa shape index (κ3) is 5.19. The van der Waals surface area contributed by atoms with Crippen LogP contribution in [0.5, 0.6) is 11.6 Å². The van der Waals surface area contributed by atoms with Gasteiger partial charge in [-0.05, 0) is 37.1 Å². The first-order valence-corrected chi connectivity index (χ1v) is 8.38. The third-order valence-electron chi connectivity index (χ3n) is 4.35. The Kier molecular flexibility index (Phi) is 6.10. The van der Waals surface area contributed by atoms with E-state index in [4.69, 9.17) is 10.5 Å². The Hall–Kier alpha value is -2.61. The average molecular weight is 381 g/mol. The predicted molar refractivity (Wildman–Crippen MR) is 95.0 cm³/mol. The van der Waals surface area contributed by atoms with E-state index in [-0.39, 0.29) is 30.0 Å². The molecule has 8 heteroatoms. The summed E-state index contributed by atoms with van der Waals surface area (Å²) in [6.07, 6.45) is -3.02. The van der Waals surface area contributed by atoms with Crippen LogP contribution in [0.25, 0.3) is 0 Å². The molecule has 27 heavy (non-hydrogen) atoms. The number of carbonyl (C=O) groups is 1. The number of halogens is 3. The van der Waals surface area contributed by atoms with Gasteiger partial charge >= 0.3 is 6.18 Å². The number of hydrogen-bond acceptors (Lipinski definition) is 4. The minimum atomic E-state index is -4.47. The number of amides is 1. The van der Waals surface area contributed by atoms with Crippen molar-refractivity contribution in [3.8, 4) is 11.6 Å². The maximum Gasteiger partial charge on any atom is 0.416 e. The summed E-state index contributed by atoms with van der Waals surface area (Å²) in [5.41, 5.74) is 4.67. The topological polar surface area (TPSA) is 77.2 Å². The van der Waals surface area contributed by atoms with Crippen molar-refractivity contribution in [2.75, 3.05) is 0 Å². The van der Waals surface area contributed by atoms with Gasteiger partial charge in [0, 0.05) is 18.3 Å². The number of hydrogen-bond donors (Lipinski definition) is 2. The zero-order chi connectivity index (χ0) is 20.2. The van der Waals surface area contributed by atoms with Crippen molar-refractivity contribution < 1.29 is 22.7 Å². The highest BCUT2D eigenvalue weighted by molar-refractivity contribution is 5.85. The number of rotatable bonds is 6. The number of nitrogens with one attached hydrogen (secondary N) is 1. The van der Waals surface area contributed by atoms with Gasteiger partial charge in [0.25, 0.3) is 0 Å². The number of pyridine rings is 1. The van der Waals surface area contributed by atoms with Gasteiger partial charge in [-0.25, -0.2) is 4.98 Å². The van der Waals surface area contributed by atoms with Crippen LogP contribution in [-0.2, 0) is 17.5 Å². The molecule has 0 aliphatic carbocycles. The maximum atomic E-state index is 12.8. The summed E-state index contributed by atoms with van der Waals surface area (Å²) in [7, 11) is 0. The minimum Gasteiger partial charge on any atom is -0.439 e. The smallest absolute Gasteiger partial charge is 0.416 e. The average Bonchev–Trinajstić information content (AvgIpc) is 2.60. The van der Waals surface area contributed by atoms with E-state index in [1.165, 1.54) is 18.3 Å². The number of nitrogens with zero attached hydrogens (tertiary/aromatic N) is 1. The summed E-state index contributed by atoms with van der Waals surface area (Å²) in [6.45, 7) is 5.40. The molecule has 0 aliphatic heterocycles. The highest BCUT2D eigenvalue weighted by Gasteiger charge is 2.32. The van der Waals surface area contributed by atoms with E-state index >= 15 is 0 Å². The van der Waals surface area contributed by atoms with Gasteiger partial charge in [0.1, 0.15) is 5.75 Å². The maximum absolute atomic E-state index is 12.8. The van der Waals surface area contributed by atoms with E-state index in [2.05, 4.69) is 10.3 Å². The Morgan fingerprint density at radius 1 is 1.26 bits per heavy atom. The third-order valence-corrected chi connectivity index (χ3v) is 4.35. The summed E-state index contributed by atoms with van der Waals surface area (Å²) in [6, 6.07) is 7.82. The van der Waals surface area contributed by atoms with Crippen molar-refractivity contribution in [3.63, 3.8) is 0 Å². The van der Waals surface area contributed by atoms with Gasteiger partial charge in [0.05, 0.1) is 11.1 Å². The van der Waals surface area contributed by atoms with Crippen molar-refractivity contribution >= 4 is 5.91 Å². The Labute approximate surface area is 155 Å². The molecule has 0 spiro atoms. The van der Waals surface area contributed by atoms with Gasteiger partial charge in [-0.15, -0.1) is 0 Å². The molecule has 2 rings (SSSR count). The molecule has 5 nitrogen and oxygen atoms in total. The van der Waals surface area contributed by atoms with E-state index in [1.54, 1.807) is 19.1 Å². The van der Waals surface area contributed by atoms with Crippen LogP contribution >= 0.6 is 0 Å². The SMILES string of the molecule is CC(C)C(C)(N)C(=O)NCc1cccnc1Oc1cccc(C(F)(F)F)c1. The number of benzene rings is 1. The molecule has 1 aromatic carbocycles. The van der Waals surface area contributed by atoms with Crippen molar-refractivity contribution in [2.24, 2.45) is 11.7 Å². The van der Waals surface area contributed by atoms with E-state index in [0.29, 0.717) is 5.56 Å². The number of aromatic nitrogens is 1.